The van der Waals surface area contributed by atoms with E-state index in [1.54, 1.807) is 24.3 Å². The zero-order valence-corrected chi connectivity index (χ0v) is 10.6. The van der Waals surface area contributed by atoms with Crippen LogP contribution in [0.15, 0.2) is 24.3 Å². The quantitative estimate of drug-likeness (QED) is 0.781. The minimum atomic E-state index is -1.16. The van der Waals surface area contributed by atoms with E-state index in [9.17, 15) is 19.5 Å². The average Bonchev–Trinajstić information content (AvgIpc) is 2.30. The molecule has 0 radical (unpaired) electrons. The first-order valence-electron chi connectivity index (χ1n) is 5.84. The van der Waals surface area contributed by atoms with Gasteiger partial charge >= 0.3 is 0 Å². The Hall–Kier alpha value is -2.37. The van der Waals surface area contributed by atoms with Crippen molar-refractivity contribution in [3.05, 3.63) is 24.3 Å². The first-order valence-corrected chi connectivity index (χ1v) is 5.84. The molecule has 0 unspecified atom stereocenters. The van der Waals surface area contributed by atoms with Crippen LogP contribution in [0.4, 0.5) is 11.4 Å². The molecule has 1 aromatic carbocycles. The molecule has 2 amide bonds. The van der Waals surface area contributed by atoms with Crippen molar-refractivity contribution in [3.63, 3.8) is 0 Å². The maximum atomic E-state index is 11.5. The summed E-state index contributed by atoms with van der Waals surface area (Å²) in [5.74, 6) is -1.58. The van der Waals surface area contributed by atoms with Crippen LogP contribution < -0.4 is 15.7 Å². The molecule has 0 aromatic heterocycles. The van der Waals surface area contributed by atoms with Gasteiger partial charge in [-0.3, -0.25) is 9.59 Å². The van der Waals surface area contributed by atoms with E-state index in [2.05, 4.69) is 10.6 Å². The third kappa shape index (κ3) is 6.21. The van der Waals surface area contributed by atoms with Gasteiger partial charge in [-0.25, -0.2) is 0 Å². The van der Waals surface area contributed by atoms with E-state index >= 15 is 0 Å². The van der Waals surface area contributed by atoms with Gasteiger partial charge in [-0.05, 0) is 37.1 Å². The summed E-state index contributed by atoms with van der Waals surface area (Å²) in [7, 11) is 0. The zero-order chi connectivity index (χ0) is 14.3. The number of benzene rings is 1. The number of aliphatic carboxylic acids is 1. The van der Waals surface area contributed by atoms with Crippen LogP contribution in [0.3, 0.4) is 0 Å². The van der Waals surface area contributed by atoms with Crippen LogP contribution in [-0.2, 0) is 14.4 Å². The molecule has 0 fully saturated rings. The third-order valence-corrected chi connectivity index (χ3v) is 2.27. The van der Waals surface area contributed by atoms with Crippen molar-refractivity contribution in [1.29, 1.82) is 0 Å². The predicted molar refractivity (Wildman–Crippen MR) is 68.2 cm³/mol. The number of anilines is 2. The average molecular weight is 263 g/mol. The Morgan fingerprint density at radius 2 is 1.53 bits per heavy atom. The van der Waals surface area contributed by atoms with Crippen molar-refractivity contribution in [2.45, 2.75) is 26.2 Å². The molecule has 0 spiro atoms. The van der Waals surface area contributed by atoms with Crippen molar-refractivity contribution < 1.29 is 19.5 Å². The smallest absolute Gasteiger partial charge is 0.224 e. The third-order valence-electron chi connectivity index (χ3n) is 2.27. The highest BCUT2D eigenvalue weighted by Gasteiger charge is 2.02. The van der Waals surface area contributed by atoms with Gasteiger partial charge in [0.25, 0.3) is 0 Å². The van der Waals surface area contributed by atoms with Gasteiger partial charge in [-0.15, -0.1) is 0 Å². The molecule has 6 nitrogen and oxygen atoms in total. The Morgan fingerprint density at radius 1 is 1.00 bits per heavy atom. The minimum absolute atomic E-state index is 0.126. The number of carbonyl (C=O) groups is 3. The molecule has 2 N–H and O–H groups in total. The first kappa shape index (κ1) is 14.7. The molecule has 102 valence electrons. The summed E-state index contributed by atoms with van der Waals surface area (Å²) in [6.45, 7) is 1.41. The van der Waals surface area contributed by atoms with Crippen molar-refractivity contribution in [3.8, 4) is 0 Å². The molecule has 0 aliphatic carbocycles. The fraction of sp³-hybridized carbons (Fsp3) is 0.308. The predicted octanol–water partition coefficient (Wildman–Crippen LogP) is 0.504. The van der Waals surface area contributed by atoms with Gasteiger partial charge in [-0.1, -0.05) is 0 Å². The highest BCUT2D eigenvalue weighted by molar-refractivity contribution is 5.92. The minimum Gasteiger partial charge on any atom is -0.550 e. The summed E-state index contributed by atoms with van der Waals surface area (Å²) < 4.78 is 0. The van der Waals surface area contributed by atoms with Gasteiger partial charge in [0.05, 0.1) is 0 Å². The fourth-order valence-corrected chi connectivity index (χ4v) is 1.46. The molecule has 19 heavy (non-hydrogen) atoms. The summed E-state index contributed by atoms with van der Waals surface area (Å²) >= 11 is 0. The van der Waals surface area contributed by atoms with E-state index in [4.69, 9.17) is 0 Å². The second kappa shape index (κ2) is 7.15. The second-order valence-electron chi connectivity index (χ2n) is 4.03. The van der Waals surface area contributed by atoms with Gasteiger partial charge < -0.3 is 20.5 Å². The molecule has 1 rings (SSSR count). The lowest BCUT2D eigenvalue weighted by molar-refractivity contribution is -0.305. The van der Waals surface area contributed by atoms with Crippen LogP contribution in [0.5, 0.6) is 0 Å². The normalized spacial score (nSPS) is 9.74. The molecular weight excluding hydrogens is 248 g/mol. The molecule has 0 atom stereocenters. The van der Waals surface area contributed by atoms with Gasteiger partial charge in [0, 0.05) is 30.7 Å². The van der Waals surface area contributed by atoms with Gasteiger partial charge in [0.2, 0.25) is 11.8 Å². The van der Waals surface area contributed by atoms with E-state index in [0.717, 1.165) is 0 Å². The van der Waals surface area contributed by atoms with Crippen molar-refractivity contribution in [2.75, 3.05) is 10.6 Å². The topological polar surface area (TPSA) is 98.3 Å². The fourth-order valence-electron chi connectivity index (χ4n) is 1.46. The van der Waals surface area contributed by atoms with Crippen molar-refractivity contribution in [2.24, 2.45) is 0 Å². The molecule has 0 heterocycles. The van der Waals surface area contributed by atoms with Crippen LogP contribution in [-0.4, -0.2) is 17.8 Å². The zero-order valence-electron chi connectivity index (χ0n) is 10.6. The maximum absolute atomic E-state index is 11.5. The Bertz CT molecular complexity index is 468. The van der Waals surface area contributed by atoms with Gasteiger partial charge in [0.15, 0.2) is 0 Å². The number of carboxylic acids is 1. The second-order valence-corrected chi connectivity index (χ2v) is 4.03. The van der Waals surface area contributed by atoms with E-state index in [-0.39, 0.29) is 31.1 Å². The monoisotopic (exact) mass is 263 g/mol. The molecule has 6 heteroatoms. The van der Waals surface area contributed by atoms with E-state index in [0.29, 0.717) is 11.4 Å². The lowest BCUT2D eigenvalue weighted by Crippen LogP contribution is -2.22. The SMILES string of the molecule is CC(=O)Nc1ccc(NC(=O)CCCC(=O)[O-])cc1. The van der Waals surface area contributed by atoms with Gasteiger partial charge in [0.1, 0.15) is 0 Å². The highest BCUT2D eigenvalue weighted by atomic mass is 16.4. The summed E-state index contributed by atoms with van der Waals surface area (Å²) in [6, 6.07) is 6.64. The maximum Gasteiger partial charge on any atom is 0.224 e. The number of carboxylic acid groups (broad SMARTS) is 1. The Kier molecular flexibility index (Phi) is 5.53. The summed E-state index contributed by atoms with van der Waals surface area (Å²) in [5, 5.41) is 15.4. The van der Waals surface area contributed by atoms with Crippen LogP contribution >= 0.6 is 0 Å². The molecule has 0 aliphatic heterocycles. The highest BCUT2D eigenvalue weighted by Crippen LogP contribution is 2.14. The molecule has 1 aromatic rings. The standard InChI is InChI=1S/C13H16N2O4/c1-9(16)14-10-5-7-11(8-6-10)15-12(17)3-2-4-13(18)19/h5-8H,2-4H2,1H3,(H,14,16)(H,15,17)(H,18,19)/p-1. The largest absolute Gasteiger partial charge is 0.550 e. The Morgan fingerprint density at radius 3 is 2.00 bits per heavy atom. The summed E-state index contributed by atoms with van der Waals surface area (Å²) in [5.41, 5.74) is 1.23. The molecule has 0 bridgehead atoms. The summed E-state index contributed by atoms with van der Waals surface area (Å²) in [6.07, 6.45) is 0.245. The number of carbonyl (C=O) groups excluding carboxylic acids is 3. The van der Waals surface area contributed by atoms with Gasteiger partial charge in [-0.2, -0.15) is 0 Å². The number of hydrogen-bond acceptors (Lipinski definition) is 4. The van der Waals surface area contributed by atoms with E-state index in [1.165, 1.54) is 6.92 Å². The van der Waals surface area contributed by atoms with Crippen LogP contribution in [0, 0.1) is 0 Å². The van der Waals surface area contributed by atoms with Crippen molar-refractivity contribution in [1.82, 2.24) is 0 Å². The number of hydrogen-bond donors (Lipinski definition) is 2. The number of rotatable bonds is 6. The molecule has 0 saturated carbocycles. The summed E-state index contributed by atoms with van der Waals surface area (Å²) in [4.78, 5) is 32.5. The number of nitrogens with one attached hydrogen (secondary N) is 2. The Labute approximate surface area is 110 Å². The van der Waals surface area contributed by atoms with Crippen LogP contribution in [0.2, 0.25) is 0 Å². The van der Waals surface area contributed by atoms with E-state index in [1.807, 2.05) is 0 Å². The van der Waals surface area contributed by atoms with E-state index < -0.39 is 5.97 Å². The first-order chi connectivity index (χ1) is 8.97. The Balaban J connectivity index is 2.42. The number of amides is 2. The van der Waals surface area contributed by atoms with Crippen LogP contribution in [0.1, 0.15) is 26.2 Å². The lowest BCUT2D eigenvalue weighted by Gasteiger charge is -2.07. The molecular formula is C13H15N2O4-. The molecule has 0 aliphatic rings. The lowest BCUT2D eigenvalue weighted by atomic mass is 10.2. The van der Waals surface area contributed by atoms with Crippen molar-refractivity contribution >= 4 is 29.2 Å². The molecule has 0 saturated heterocycles. The van der Waals surface area contributed by atoms with Crippen LogP contribution in [0.25, 0.3) is 0 Å².